The first kappa shape index (κ1) is 12.2. The minimum Gasteiger partial charge on any atom is -0.310 e. The Balaban J connectivity index is 1.61. The van der Waals surface area contributed by atoms with Crippen molar-refractivity contribution in [2.75, 3.05) is 13.1 Å². The van der Waals surface area contributed by atoms with Gasteiger partial charge in [0.1, 0.15) is 0 Å². The maximum absolute atomic E-state index is 3.63. The molecule has 1 aliphatic carbocycles. The third kappa shape index (κ3) is 3.33. The van der Waals surface area contributed by atoms with Crippen LogP contribution < -0.4 is 5.32 Å². The Kier molecular flexibility index (Phi) is 3.96. The summed E-state index contributed by atoms with van der Waals surface area (Å²) in [5, 5.41) is 3.63. The highest BCUT2D eigenvalue weighted by molar-refractivity contribution is 5.27. The molecule has 0 radical (unpaired) electrons. The zero-order chi connectivity index (χ0) is 12.2. The van der Waals surface area contributed by atoms with Crippen LogP contribution in [0.1, 0.15) is 43.2 Å². The van der Waals surface area contributed by atoms with Gasteiger partial charge in [-0.05, 0) is 49.9 Å². The van der Waals surface area contributed by atoms with E-state index in [1.165, 1.54) is 56.3 Å². The number of nitrogens with zero attached hydrogens (tertiary/aromatic N) is 1. The van der Waals surface area contributed by atoms with Gasteiger partial charge in [0.05, 0.1) is 0 Å². The number of likely N-dealkylation sites (tertiary alicyclic amines) is 1. The Labute approximate surface area is 110 Å². The van der Waals surface area contributed by atoms with E-state index in [9.17, 15) is 0 Å². The molecular weight excluding hydrogens is 220 g/mol. The van der Waals surface area contributed by atoms with Crippen molar-refractivity contribution < 1.29 is 0 Å². The number of nitrogens with one attached hydrogen (secondary N) is 1. The molecule has 0 aromatic heterocycles. The van der Waals surface area contributed by atoms with Crippen molar-refractivity contribution in [3.63, 3.8) is 0 Å². The first-order valence-electron chi connectivity index (χ1n) is 7.44. The van der Waals surface area contributed by atoms with E-state index in [1.807, 2.05) is 0 Å². The van der Waals surface area contributed by atoms with Gasteiger partial charge < -0.3 is 5.32 Å². The monoisotopic (exact) mass is 244 g/mol. The van der Waals surface area contributed by atoms with Crippen LogP contribution >= 0.6 is 0 Å². The lowest BCUT2D eigenvalue weighted by atomic mass is 10.0. The molecule has 18 heavy (non-hydrogen) atoms. The summed E-state index contributed by atoms with van der Waals surface area (Å²) in [6.07, 6.45) is 6.91. The Morgan fingerprint density at radius 3 is 2.44 bits per heavy atom. The van der Waals surface area contributed by atoms with Crippen LogP contribution in [-0.2, 0) is 13.1 Å². The van der Waals surface area contributed by atoms with E-state index in [-0.39, 0.29) is 0 Å². The van der Waals surface area contributed by atoms with Gasteiger partial charge in [-0.2, -0.15) is 0 Å². The van der Waals surface area contributed by atoms with Crippen LogP contribution in [0, 0.1) is 0 Å². The molecule has 1 aromatic rings. The smallest absolute Gasteiger partial charge is 0.0236 e. The van der Waals surface area contributed by atoms with Gasteiger partial charge in [-0.3, -0.25) is 4.90 Å². The average molecular weight is 244 g/mol. The number of hydrogen-bond acceptors (Lipinski definition) is 2. The van der Waals surface area contributed by atoms with Gasteiger partial charge in [0.2, 0.25) is 0 Å². The molecule has 1 aliphatic heterocycles. The lowest BCUT2D eigenvalue weighted by molar-refractivity contribution is 0.220. The molecule has 1 saturated carbocycles. The maximum atomic E-state index is 3.63. The SMILES string of the molecule is c1ccc(CN2CCCCC2)c(CNC2CC2)c1. The zero-order valence-electron chi connectivity index (χ0n) is 11.2. The maximum Gasteiger partial charge on any atom is 0.0236 e. The van der Waals surface area contributed by atoms with Crippen LogP contribution in [0.4, 0.5) is 0 Å². The molecule has 2 nitrogen and oxygen atoms in total. The van der Waals surface area contributed by atoms with Crippen molar-refractivity contribution in [1.82, 2.24) is 10.2 Å². The summed E-state index contributed by atoms with van der Waals surface area (Å²) >= 11 is 0. The van der Waals surface area contributed by atoms with Crippen LogP contribution in [0.5, 0.6) is 0 Å². The summed E-state index contributed by atoms with van der Waals surface area (Å²) < 4.78 is 0. The molecule has 0 spiro atoms. The van der Waals surface area contributed by atoms with Crippen LogP contribution in [0.15, 0.2) is 24.3 Å². The van der Waals surface area contributed by atoms with Crippen molar-refractivity contribution in [3.8, 4) is 0 Å². The van der Waals surface area contributed by atoms with Gasteiger partial charge in [0.25, 0.3) is 0 Å². The van der Waals surface area contributed by atoms with Crippen LogP contribution in [0.3, 0.4) is 0 Å². The highest BCUT2D eigenvalue weighted by atomic mass is 15.1. The molecule has 2 aliphatic rings. The second-order valence-electron chi connectivity index (χ2n) is 5.76. The van der Waals surface area contributed by atoms with Crippen LogP contribution in [0.2, 0.25) is 0 Å². The lowest BCUT2D eigenvalue weighted by Crippen LogP contribution is -2.29. The van der Waals surface area contributed by atoms with Crippen LogP contribution in [0.25, 0.3) is 0 Å². The third-order valence-corrected chi connectivity index (χ3v) is 4.12. The number of hydrogen-bond donors (Lipinski definition) is 1. The molecule has 0 amide bonds. The largest absolute Gasteiger partial charge is 0.310 e. The van der Waals surface area contributed by atoms with Gasteiger partial charge in [0.15, 0.2) is 0 Å². The van der Waals surface area contributed by atoms with Gasteiger partial charge in [-0.25, -0.2) is 0 Å². The first-order chi connectivity index (χ1) is 8.92. The third-order valence-electron chi connectivity index (χ3n) is 4.12. The second-order valence-corrected chi connectivity index (χ2v) is 5.76. The summed E-state index contributed by atoms with van der Waals surface area (Å²) in [5.41, 5.74) is 3.02. The summed E-state index contributed by atoms with van der Waals surface area (Å²) in [4.78, 5) is 2.61. The average Bonchev–Trinajstić information content (AvgIpc) is 3.23. The molecule has 2 fully saturated rings. The van der Waals surface area contributed by atoms with Gasteiger partial charge in [0, 0.05) is 19.1 Å². The highest BCUT2D eigenvalue weighted by Gasteiger charge is 2.20. The Morgan fingerprint density at radius 2 is 1.72 bits per heavy atom. The fourth-order valence-corrected chi connectivity index (χ4v) is 2.78. The number of rotatable bonds is 5. The molecule has 1 saturated heterocycles. The molecule has 2 heteroatoms. The minimum atomic E-state index is 0.799. The normalized spacial score (nSPS) is 21.1. The van der Waals surface area contributed by atoms with E-state index in [4.69, 9.17) is 0 Å². The first-order valence-corrected chi connectivity index (χ1v) is 7.44. The Bertz CT molecular complexity index is 378. The van der Waals surface area contributed by atoms with E-state index in [1.54, 1.807) is 0 Å². The van der Waals surface area contributed by atoms with Gasteiger partial charge in [-0.1, -0.05) is 30.7 Å². The zero-order valence-corrected chi connectivity index (χ0v) is 11.2. The minimum absolute atomic E-state index is 0.799. The molecule has 0 unspecified atom stereocenters. The quantitative estimate of drug-likeness (QED) is 0.856. The summed E-state index contributed by atoms with van der Waals surface area (Å²) in [5.74, 6) is 0. The standard InChI is InChI=1S/C16H24N2/c1-4-10-18(11-5-1)13-15-7-3-2-6-14(15)12-17-16-8-9-16/h2-3,6-7,16-17H,1,4-5,8-13H2. The van der Waals surface area contributed by atoms with E-state index >= 15 is 0 Å². The van der Waals surface area contributed by atoms with Crippen LogP contribution in [-0.4, -0.2) is 24.0 Å². The van der Waals surface area contributed by atoms with E-state index in [2.05, 4.69) is 34.5 Å². The molecule has 1 aromatic carbocycles. The second kappa shape index (κ2) is 5.85. The number of benzene rings is 1. The van der Waals surface area contributed by atoms with Crippen molar-refractivity contribution in [1.29, 1.82) is 0 Å². The topological polar surface area (TPSA) is 15.3 Å². The fraction of sp³-hybridized carbons (Fsp3) is 0.625. The predicted molar refractivity (Wildman–Crippen MR) is 75.4 cm³/mol. The summed E-state index contributed by atoms with van der Waals surface area (Å²) in [6, 6.07) is 9.74. The predicted octanol–water partition coefficient (Wildman–Crippen LogP) is 2.92. The number of piperidine rings is 1. The summed E-state index contributed by atoms with van der Waals surface area (Å²) in [7, 11) is 0. The Hall–Kier alpha value is -0.860. The molecular formula is C16H24N2. The van der Waals surface area contributed by atoms with Gasteiger partial charge >= 0.3 is 0 Å². The lowest BCUT2D eigenvalue weighted by Gasteiger charge is -2.27. The van der Waals surface area contributed by atoms with E-state index in [0.29, 0.717) is 0 Å². The van der Waals surface area contributed by atoms with Crippen molar-refractivity contribution >= 4 is 0 Å². The van der Waals surface area contributed by atoms with Gasteiger partial charge in [-0.15, -0.1) is 0 Å². The van der Waals surface area contributed by atoms with Crippen molar-refractivity contribution in [2.24, 2.45) is 0 Å². The molecule has 0 bridgehead atoms. The molecule has 1 N–H and O–H groups in total. The molecule has 0 atom stereocenters. The van der Waals surface area contributed by atoms with Crippen molar-refractivity contribution in [3.05, 3.63) is 35.4 Å². The van der Waals surface area contributed by atoms with E-state index < -0.39 is 0 Å². The molecule has 1 heterocycles. The van der Waals surface area contributed by atoms with E-state index in [0.717, 1.165) is 19.1 Å². The molecule has 98 valence electrons. The van der Waals surface area contributed by atoms with Crippen molar-refractivity contribution in [2.45, 2.75) is 51.2 Å². The highest BCUT2D eigenvalue weighted by Crippen LogP contribution is 2.21. The fourth-order valence-electron chi connectivity index (χ4n) is 2.78. The summed E-state index contributed by atoms with van der Waals surface area (Å²) in [6.45, 7) is 4.76. The molecule has 3 rings (SSSR count). The Morgan fingerprint density at radius 1 is 1.00 bits per heavy atom.